The van der Waals surface area contributed by atoms with E-state index in [2.05, 4.69) is 15.3 Å². The molecular weight excluding hydrogens is 390 g/mol. The number of allylic oxidation sites excluding steroid dienone is 2. The first kappa shape index (κ1) is 18.9. The highest BCUT2D eigenvalue weighted by molar-refractivity contribution is 7.17. The molecule has 0 unspecified atom stereocenters. The Bertz CT molecular complexity index is 1250. The van der Waals surface area contributed by atoms with E-state index < -0.39 is 0 Å². The number of aryl methyl sites for hydroxylation is 1. The van der Waals surface area contributed by atoms with Crippen LogP contribution in [0.25, 0.3) is 22.8 Å². The van der Waals surface area contributed by atoms with Crippen LogP contribution in [0.2, 0.25) is 0 Å². The van der Waals surface area contributed by atoms with Gasteiger partial charge in [0.25, 0.3) is 5.91 Å². The number of imidazole rings is 1. The minimum atomic E-state index is -0.238. The van der Waals surface area contributed by atoms with Gasteiger partial charge in [-0.2, -0.15) is 0 Å². The van der Waals surface area contributed by atoms with E-state index in [4.69, 9.17) is 4.42 Å². The minimum absolute atomic E-state index is 0.238. The lowest BCUT2D eigenvalue weighted by atomic mass is 10.3. The highest BCUT2D eigenvalue weighted by atomic mass is 32.1. The summed E-state index contributed by atoms with van der Waals surface area (Å²) < 4.78 is 7.33. The molecule has 8 nitrogen and oxygen atoms in total. The monoisotopic (exact) mass is 409 g/mol. The van der Waals surface area contributed by atoms with Crippen molar-refractivity contribution in [2.75, 3.05) is 12.4 Å². The summed E-state index contributed by atoms with van der Waals surface area (Å²) in [4.78, 5) is 35.2. The minimum Gasteiger partial charge on any atom is -0.440 e. The number of amides is 2. The van der Waals surface area contributed by atoms with E-state index >= 15 is 0 Å². The number of anilines is 1. The molecule has 0 aromatic carbocycles. The zero-order chi connectivity index (χ0) is 20.5. The average Bonchev–Trinajstić information content (AvgIpc) is 3.39. The van der Waals surface area contributed by atoms with Crippen molar-refractivity contribution in [1.82, 2.24) is 19.4 Å². The molecule has 4 rings (SSSR count). The number of nitrogens with one attached hydrogen (secondary N) is 1. The zero-order valence-electron chi connectivity index (χ0n) is 16.2. The van der Waals surface area contributed by atoms with Crippen LogP contribution in [0.4, 0.5) is 5.95 Å². The number of fused-ring (bicyclic) bond motifs is 1. The number of nitrogens with zero attached hydrogens (tertiary/aromatic N) is 4. The van der Waals surface area contributed by atoms with Gasteiger partial charge in [-0.05, 0) is 24.3 Å². The Balaban J connectivity index is 1.58. The highest BCUT2D eigenvalue weighted by Crippen LogP contribution is 2.28. The number of hydrogen-bond acceptors (Lipinski definition) is 6. The summed E-state index contributed by atoms with van der Waals surface area (Å²) in [5, 5.41) is 4.49. The van der Waals surface area contributed by atoms with Gasteiger partial charge in [-0.15, -0.1) is 11.3 Å². The molecule has 1 aliphatic rings. The van der Waals surface area contributed by atoms with E-state index in [1.54, 1.807) is 26.2 Å². The van der Waals surface area contributed by atoms with E-state index in [0.717, 1.165) is 27.7 Å². The predicted molar refractivity (Wildman–Crippen MR) is 110 cm³/mol. The van der Waals surface area contributed by atoms with Crippen LogP contribution in [0, 0.1) is 6.92 Å². The number of aromatic nitrogens is 3. The number of carbonyl (C=O) groups is 2. The number of oxazole rings is 1. The lowest BCUT2D eigenvalue weighted by molar-refractivity contribution is -0.115. The highest BCUT2D eigenvalue weighted by Gasteiger charge is 2.16. The van der Waals surface area contributed by atoms with Crippen molar-refractivity contribution < 1.29 is 14.0 Å². The molecule has 0 spiro atoms. The third-order valence-corrected chi connectivity index (χ3v) is 5.73. The van der Waals surface area contributed by atoms with Gasteiger partial charge in [0.1, 0.15) is 0 Å². The zero-order valence-corrected chi connectivity index (χ0v) is 17.0. The van der Waals surface area contributed by atoms with Crippen molar-refractivity contribution in [3.63, 3.8) is 0 Å². The van der Waals surface area contributed by atoms with Gasteiger partial charge in [-0.3, -0.25) is 14.9 Å². The van der Waals surface area contributed by atoms with E-state index in [1.165, 1.54) is 16.2 Å². The molecule has 3 heterocycles. The SMILES string of the molecule is Cc1ncc(-c2ccc(C(=O)Nc3nc4c(n3C)=CC=C(N(C)C=O)CC=4)s2)o1. The van der Waals surface area contributed by atoms with Crippen LogP contribution in [0.5, 0.6) is 0 Å². The molecule has 9 heteroatoms. The summed E-state index contributed by atoms with van der Waals surface area (Å²) in [5.41, 5.74) is 0.873. The van der Waals surface area contributed by atoms with Gasteiger partial charge < -0.3 is 13.9 Å². The molecule has 1 N–H and O–H groups in total. The first-order valence-corrected chi connectivity index (χ1v) is 9.74. The lowest BCUT2D eigenvalue weighted by Crippen LogP contribution is -2.28. The van der Waals surface area contributed by atoms with Crippen LogP contribution in [-0.2, 0) is 11.8 Å². The topological polar surface area (TPSA) is 93.3 Å². The Kier molecular flexibility index (Phi) is 4.89. The van der Waals surface area contributed by atoms with Gasteiger partial charge >= 0.3 is 0 Å². The molecule has 0 radical (unpaired) electrons. The molecule has 1 aliphatic carbocycles. The molecule has 0 fully saturated rings. The molecule has 3 aromatic rings. The van der Waals surface area contributed by atoms with Crippen molar-refractivity contribution in [2.24, 2.45) is 7.05 Å². The molecule has 148 valence electrons. The summed E-state index contributed by atoms with van der Waals surface area (Å²) in [7, 11) is 3.55. The van der Waals surface area contributed by atoms with Crippen LogP contribution in [-0.4, -0.2) is 38.8 Å². The fraction of sp³-hybridized carbons (Fsp3) is 0.200. The van der Waals surface area contributed by atoms with E-state index in [1.807, 2.05) is 35.9 Å². The summed E-state index contributed by atoms with van der Waals surface area (Å²) in [5.74, 6) is 1.44. The number of carbonyl (C=O) groups excluding carboxylic acids is 2. The molecule has 3 aromatic heterocycles. The van der Waals surface area contributed by atoms with Crippen LogP contribution in [0.1, 0.15) is 22.0 Å². The van der Waals surface area contributed by atoms with Crippen molar-refractivity contribution in [2.45, 2.75) is 13.3 Å². The number of hydrogen-bond donors (Lipinski definition) is 1. The third-order valence-electron chi connectivity index (χ3n) is 4.64. The first-order chi connectivity index (χ1) is 14.0. The second-order valence-electron chi connectivity index (χ2n) is 6.58. The Morgan fingerprint density at radius 2 is 2.21 bits per heavy atom. The van der Waals surface area contributed by atoms with Gasteiger partial charge in [0.2, 0.25) is 12.4 Å². The maximum Gasteiger partial charge on any atom is 0.268 e. The second kappa shape index (κ2) is 7.51. The summed E-state index contributed by atoms with van der Waals surface area (Å²) >= 11 is 1.33. The van der Waals surface area contributed by atoms with Gasteiger partial charge in [0.05, 0.1) is 26.6 Å². The Morgan fingerprint density at radius 3 is 2.93 bits per heavy atom. The Morgan fingerprint density at radius 1 is 1.38 bits per heavy atom. The third kappa shape index (κ3) is 3.64. The number of rotatable bonds is 5. The van der Waals surface area contributed by atoms with E-state index in [9.17, 15) is 9.59 Å². The van der Waals surface area contributed by atoms with Crippen molar-refractivity contribution in [1.29, 1.82) is 0 Å². The molecule has 0 saturated carbocycles. The quantitative estimate of drug-likeness (QED) is 0.647. The van der Waals surface area contributed by atoms with Gasteiger partial charge in [-0.1, -0.05) is 6.08 Å². The molecule has 0 aliphatic heterocycles. The van der Waals surface area contributed by atoms with E-state index in [-0.39, 0.29) is 5.91 Å². The lowest BCUT2D eigenvalue weighted by Gasteiger charge is -2.12. The van der Waals surface area contributed by atoms with Crippen LogP contribution in [0.15, 0.2) is 34.5 Å². The molecule has 0 saturated heterocycles. The van der Waals surface area contributed by atoms with Crippen molar-refractivity contribution in [3.8, 4) is 10.6 Å². The molecule has 2 amide bonds. The smallest absolute Gasteiger partial charge is 0.268 e. The van der Waals surface area contributed by atoms with Crippen LogP contribution < -0.4 is 16.0 Å². The summed E-state index contributed by atoms with van der Waals surface area (Å²) in [6, 6.07) is 3.59. The maximum absolute atomic E-state index is 12.7. The van der Waals surface area contributed by atoms with Gasteiger partial charge in [-0.25, -0.2) is 9.97 Å². The van der Waals surface area contributed by atoms with Gasteiger partial charge in [0.15, 0.2) is 11.7 Å². The van der Waals surface area contributed by atoms with Crippen molar-refractivity contribution >= 4 is 41.8 Å². The molecule has 29 heavy (non-hydrogen) atoms. The van der Waals surface area contributed by atoms with Gasteiger partial charge in [0, 0.05) is 33.1 Å². The Hall–Kier alpha value is -3.46. The fourth-order valence-corrected chi connectivity index (χ4v) is 3.84. The summed E-state index contributed by atoms with van der Waals surface area (Å²) in [6.07, 6.45) is 8.72. The first-order valence-electron chi connectivity index (χ1n) is 8.92. The molecular formula is C20H19N5O3S. The average molecular weight is 409 g/mol. The maximum atomic E-state index is 12.7. The normalized spacial score (nSPS) is 12.9. The summed E-state index contributed by atoms with van der Waals surface area (Å²) in [6.45, 7) is 1.78. The molecule has 0 atom stereocenters. The number of thiophene rings is 1. The van der Waals surface area contributed by atoms with E-state index in [0.29, 0.717) is 28.9 Å². The largest absolute Gasteiger partial charge is 0.440 e. The second-order valence-corrected chi connectivity index (χ2v) is 7.66. The molecule has 0 bridgehead atoms. The van der Waals surface area contributed by atoms with Crippen LogP contribution >= 0.6 is 11.3 Å². The van der Waals surface area contributed by atoms with Crippen molar-refractivity contribution in [3.05, 3.63) is 51.6 Å². The predicted octanol–water partition coefficient (Wildman–Crippen LogP) is 1.63. The Labute approximate surface area is 170 Å². The fourth-order valence-electron chi connectivity index (χ4n) is 3.00. The van der Waals surface area contributed by atoms with Crippen LogP contribution in [0.3, 0.4) is 0 Å². The standard InChI is InChI=1S/C20H19N5O3S/c1-12-21-10-16(28-12)17-8-9-18(29-17)19(27)23-20-22-14-6-4-13(24(2)11-26)5-7-15(14)25(20)3/h5-11H,4H2,1-3H3,(H,22,23,27).